The Bertz CT molecular complexity index is 957. The Labute approximate surface area is 198 Å². The van der Waals surface area contributed by atoms with E-state index in [4.69, 9.17) is 9.84 Å². The second-order valence-corrected chi connectivity index (χ2v) is 9.83. The molecule has 1 aromatic heterocycles. The minimum Gasteiger partial charge on any atom is -0.444 e. The molecule has 0 radical (unpaired) electrons. The number of anilines is 1. The van der Waals surface area contributed by atoms with Crippen LogP contribution in [0.3, 0.4) is 0 Å². The molecule has 10 heteroatoms. The van der Waals surface area contributed by atoms with Crippen molar-refractivity contribution in [3.8, 4) is 11.4 Å². The Kier molecular flexibility index (Phi) is 7.67. The SMILES string of the molecule is CC(C)CCc1cc(N2CCN(C(=O)OC(C)(C)C)CC2)nn1-c1ccc(OC(F)(F)F)cc1. The van der Waals surface area contributed by atoms with E-state index in [0.717, 1.165) is 24.4 Å². The van der Waals surface area contributed by atoms with Crippen molar-refractivity contribution < 1.29 is 27.4 Å². The summed E-state index contributed by atoms with van der Waals surface area (Å²) in [6.07, 6.45) is -3.32. The number of nitrogens with zero attached hydrogens (tertiary/aromatic N) is 4. The number of aromatic nitrogens is 2. The zero-order valence-electron chi connectivity index (χ0n) is 20.4. The monoisotopic (exact) mass is 482 g/mol. The maximum Gasteiger partial charge on any atom is 0.573 e. The van der Waals surface area contributed by atoms with Gasteiger partial charge >= 0.3 is 12.5 Å². The van der Waals surface area contributed by atoms with Crippen molar-refractivity contribution in [2.75, 3.05) is 31.1 Å². The van der Waals surface area contributed by atoms with Crippen molar-refractivity contribution in [3.05, 3.63) is 36.0 Å². The first-order valence-corrected chi connectivity index (χ1v) is 11.5. The standard InChI is InChI=1S/C24H33F3N4O3/c1-17(2)6-7-19-16-21(29-12-14-30(15-13-29)22(32)34-23(3,4)5)28-31(19)18-8-10-20(11-9-18)33-24(25,26)27/h8-11,16-17H,6-7,12-15H2,1-5H3. The van der Waals surface area contributed by atoms with Crippen molar-refractivity contribution in [3.63, 3.8) is 0 Å². The minimum absolute atomic E-state index is 0.273. The van der Waals surface area contributed by atoms with Gasteiger partial charge in [-0.25, -0.2) is 9.48 Å². The van der Waals surface area contributed by atoms with Crippen LogP contribution in [-0.2, 0) is 11.2 Å². The van der Waals surface area contributed by atoms with Gasteiger partial charge in [-0.2, -0.15) is 5.10 Å². The molecule has 1 fully saturated rings. The lowest BCUT2D eigenvalue weighted by Crippen LogP contribution is -2.50. The van der Waals surface area contributed by atoms with Crippen molar-refractivity contribution in [1.29, 1.82) is 0 Å². The van der Waals surface area contributed by atoms with Crippen molar-refractivity contribution >= 4 is 11.9 Å². The van der Waals surface area contributed by atoms with E-state index in [1.165, 1.54) is 12.1 Å². The first kappa shape index (κ1) is 25.7. The molecule has 0 atom stereocenters. The Morgan fingerprint density at radius 2 is 1.68 bits per heavy atom. The van der Waals surface area contributed by atoms with Crippen molar-refractivity contribution in [2.24, 2.45) is 5.92 Å². The van der Waals surface area contributed by atoms with Gasteiger partial charge in [-0.3, -0.25) is 0 Å². The summed E-state index contributed by atoms with van der Waals surface area (Å²) in [7, 11) is 0. The molecule has 0 N–H and O–H groups in total. The highest BCUT2D eigenvalue weighted by molar-refractivity contribution is 5.68. The summed E-state index contributed by atoms with van der Waals surface area (Å²) in [6.45, 7) is 12.1. The van der Waals surface area contributed by atoms with Gasteiger partial charge in [0.25, 0.3) is 0 Å². The van der Waals surface area contributed by atoms with Crippen molar-refractivity contribution in [2.45, 2.75) is 59.4 Å². The number of piperazine rings is 1. The molecule has 1 aromatic carbocycles. The number of carbonyl (C=O) groups excluding carboxylic acids is 1. The maximum absolute atomic E-state index is 12.5. The third kappa shape index (κ3) is 7.30. The second-order valence-electron chi connectivity index (χ2n) is 9.83. The molecule has 0 unspecified atom stereocenters. The third-order valence-corrected chi connectivity index (χ3v) is 5.32. The van der Waals surface area contributed by atoms with Gasteiger partial charge < -0.3 is 19.3 Å². The average Bonchev–Trinajstić information content (AvgIpc) is 3.15. The number of rotatable bonds is 6. The van der Waals surface area contributed by atoms with Crippen LogP contribution in [0.25, 0.3) is 5.69 Å². The summed E-state index contributed by atoms with van der Waals surface area (Å²) >= 11 is 0. The number of benzene rings is 1. The molecule has 7 nitrogen and oxygen atoms in total. The molecular weight excluding hydrogens is 449 g/mol. The molecule has 0 saturated carbocycles. The molecule has 34 heavy (non-hydrogen) atoms. The van der Waals surface area contributed by atoms with Crippen LogP contribution in [0.15, 0.2) is 30.3 Å². The van der Waals surface area contributed by atoms with Gasteiger partial charge in [-0.1, -0.05) is 13.8 Å². The van der Waals surface area contributed by atoms with E-state index in [9.17, 15) is 18.0 Å². The topological polar surface area (TPSA) is 59.8 Å². The summed E-state index contributed by atoms with van der Waals surface area (Å²) in [4.78, 5) is 16.1. The number of amides is 1. The molecule has 2 heterocycles. The van der Waals surface area contributed by atoms with Gasteiger partial charge in [-0.15, -0.1) is 13.2 Å². The molecule has 1 amide bonds. The quantitative estimate of drug-likeness (QED) is 0.551. The highest BCUT2D eigenvalue weighted by Crippen LogP contribution is 2.26. The van der Waals surface area contributed by atoms with E-state index in [1.807, 2.05) is 26.8 Å². The minimum atomic E-state index is -4.73. The van der Waals surface area contributed by atoms with E-state index in [0.29, 0.717) is 37.8 Å². The molecule has 2 aromatic rings. The molecule has 1 saturated heterocycles. The molecular formula is C24H33F3N4O3. The van der Waals surface area contributed by atoms with E-state index in [-0.39, 0.29) is 11.8 Å². The number of ether oxygens (including phenoxy) is 2. The molecule has 0 spiro atoms. The largest absolute Gasteiger partial charge is 0.573 e. The van der Waals surface area contributed by atoms with E-state index < -0.39 is 12.0 Å². The third-order valence-electron chi connectivity index (χ3n) is 5.32. The zero-order valence-corrected chi connectivity index (χ0v) is 20.4. The number of alkyl halides is 3. The fourth-order valence-electron chi connectivity index (χ4n) is 3.63. The van der Waals surface area contributed by atoms with Crippen LogP contribution in [0, 0.1) is 5.92 Å². The predicted octanol–water partition coefficient (Wildman–Crippen LogP) is 5.42. The van der Waals surface area contributed by atoms with Crippen LogP contribution in [0.1, 0.15) is 46.7 Å². The summed E-state index contributed by atoms with van der Waals surface area (Å²) in [5.74, 6) is 0.996. The molecule has 1 aliphatic heterocycles. The number of carbonyl (C=O) groups is 1. The maximum atomic E-state index is 12.5. The molecule has 3 rings (SSSR count). The second kappa shape index (κ2) is 10.1. The van der Waals surface area contributed by atoms with Gasteiger partial charge in [0.1, 0.15) is 11.4 Å². The van der Waals surface area contributed by atoms with E-state index >= 15 is 0 Å². The van der Waals surface area contributed by atoms with Gasteiger partial charge in [-0.05, 0) is 63.8 Å². The molecule has 1 aliphatic rings. The Morgan fingerprint density at radius 1 is 1.06 bits per heavy atom. The Balaban J connectivity index is 1.76. The average molecular weight is 483 g/mol. The van der Waals surface area contributed by atoms with Gasteiger partial charge in [0, 0.05) is 37.9 Å². The summed E-state index contributed by atoms with van der Waals surface area (Å²) in [6, 6.07) is 7.73. The van der Waals surface area contributed by atoms with Gasteiger partial charge in [0.05, 0.1) is 5.69 Å². The van der Waals surface area contributed by atoms with Crippen LogP contribution < -0.4 is 9.64 Å². The fraction of sp³-hybridized carbons (Fsp3) is 0.583. The van der Waals surface area contributed by atoms with E-state index in [2.05, 4.69) is 23.5 Å². The zero-order chi connectivity index (χ0) is 25.1. The van der Waals surface area contributed by atoms with Crippen LogP contribution in [0.4, 0.5) is 23.8 Å². The van der Waals surface area contributed by atoms with Crippen molar-refractivity contribution in [1.82, 2.24) is 14.7 Å². The van der Waals surface area contributed by atoms with Gasteiger partial charge in [0.2, 0.25) is 0 Å². The highest BCUT2D eigenvalue weighted by atomic mass is 19.4. The Hall–Kier alpha value is -2.91. The first-order valence-electron chi connectivity index (χ1n) is 11.5. The van der Waals surface area contributed by atoms with Crippen LogP contribution in [0.2, 0.25) is 0 Å². The fourth-order valence-corrected chi connectivity index (χ4v) is 3.63. The Morgan fingerprint density at radius 3 is 2.21 bits per heavy atom. The van der Waals surface area contributed by atoms with Crippen LogP contribution in [-0.4, -0.2) is 58.9 Å². The van der Waals surface area contributed by atoms with Gasteiger partial charge in [0.15, 0.2) is 5.82 Å². The smallest absolute Gasteiger partial charge is 0.444 e. The number of hydrogen-bond donors (Lipinski definition) is 0. The molecule has 0 aliphatic carbocycles. The summed E-state index contributed by atoms with van der Waals surface area (Å²) in [5.41, 5.74) is 1.09. The summed E-state index contributed by atoms with van der Waals surface area (Å²) in [5, 5.41) is 4.76. The normalized spacial score (nSPS) is 15.1. The van der Waals surface area contributed by atoms with E-state index in [1.54, 1.807) is 21.7 Å². The first-order chi connectivity index (χ1) is 15.8. The van der Waals surface area contributed by atoms with Crippen LogP contribution in [0.5, 0.6) is 5.75 Å². The summed E-state index contributed by atoms with van der Waals surface area (Å²) < 4.78 is 48.7. The number of aryl methyl sites for hydroxylation is 1. The number of halogens is 3. The van der Waals surface area contributed by atoms with Crippen LogP contribution >= 0.6 is 0 Å². The lowest BCUT2D eigenvalue weighted by Gasteiger charge is -2.35. The lowest BCUT2D eigenvalue weighted by molar-refractivity contribution is -0.274. The molecule has 188 valence electrons. The number of hydrogen-bond acceptors (Lipinski definition) is 5. The molecule has 0 bridgehead atoms. The predicted molar refractivity (Wildman–Crippen MR) is 123 cm³/mol. The highest BCUT2D eigenvalue weighted by Gasteiger charge is 2.31. The lowest BCUT2D eigenvalue weighted by atomic mass is 10.1.